The summed E-state index contributed by atoms with van der Waals surface area (Å²) >= 11 is 0. The van der Waals surface area contributed by atoms with Gasteiger partial charge in [0.2, 0.25) is 0 Å². The Morgan fingerprint density at radius 1 is 1.32 bits per heavy atom. The second-order valence-corrected chi connectivity index (χ2v) is 5.22. The number of carbonyl (C=O) groups is 1. The maximum absolute atomic E-state index is 13.3. The van der Waals surface area contributed by atoms with E-state index in [9.17, 15) is 14.3 Å². The third kappa shape index (κ3) is 2.62. The van der Waals surface area contributed by atoms with Crippen LogP contribution in [0.3, 0.4) is 0 Å². The van der Waals surface area contributed by atoms with Gasteiger partial charge in [-0.1, -0.05) is 6.07 Å². The van der Waals surface area contributed by atoms with Gasteiger partial charge in [-0.05, 0) is 42.3 Å². The summed E-state index contributed by atoms with van der Waals surface area (Å²) in [6.07, 6.45) is 0.409. The van der Waals surface area contributed by atoms with Crippen molar-refractivity contribution in [3.63, 3.8) is 0 Å². The normalized spacial score (nSPS) is 16.8. The number of fused-ring (bicyclic) bond motifs is 1. The first kappa shape index (κ1) is 14.4. The highest BCUT2D eigenvalue weighted by atomic mass is 19.1. The summed E-state index contributed by atoms with van der Waals surface area (Å²) in [7, 11) is 1.47. The molecular weight excluding hydrogens is 287 g/mol. The van der Waals surface area contributed by atoms with Crippen molar-refractivity contribution in [1.82, 2.24) is 0 Å². The van der Waals surface area contributed by atoms with Gasteiger partial charge in [-0.15, -0.1) is 0 Å². The molecule has 5 heteroatoms. The lowest BCUT2D eigenvalue weighted by molar-refractivity contribution is 0.0829. The van der Waals surface area contributed by atoms with E-state index in [0.29, 0.717) is 17.9 Å². The number of hydrogen-bond acceptors (Lipinski definition) is 4. The van der Waals surface area contributed by atoms with Gasteiger partial charge in [0.25, 0.3) is 0 Å². The number of halogens is 1. The minimum atomic E-state index is -0.460. The molecule has 1 aliphatic heterocycles. The minimum absolute atomic E-state index is 0.0237. The van der Waals surface area contributed by atoms with Gasteiger partial charge < -0.3 is 14.6 Å². The second kappa shape index (κ2) is 5.67. The molecule has 0 saturated heterocycles. The first-order valence-corrected chi connectivity index (χ1v) is 6.91. The lowest BCUT2D eigenvalue weighted by Gasteiger charge is -2.24. The fraction of sp³-hybridized carbons (Fsp3) is 0.235. The molecule has 1 heterocycles. The van der Waals surface area contributed by atoms with Gasteiger partial charge in [-0.25, -0.2) is 4.39 Å². The van der Waals surface area contributed by atoms with Crippen LogP contribution in [-0.2, 0) is 6.42 Å². The van der Waals surface area contributed by atoms with Crippen molar-refractivity contribution >= 4 is 5.78 Å². The van der Waals surface area contributed by atoms with Gasteiger partial charge in [0.15, 0.2) is 17.3 Å². The van der Waals surface area contributed by atoms with Crippen LogP contribution < -0.4 is 9.47 Å². The molecule has 1 atom stereocenters. The summed E-state index contributed by atoms with van der Waals surface area (Å²) in [6, 6.07) is 8.94. The smallest absolute Gasteiger partial charge is 0.173 e. The standard InChI is InChI=1S/C17H15FO4/c1-21-16-4-2-10(7-14(16)19)6-11-9-22-15-5-3-12(18)8-13(15)17(11)20/h2-5,7-8,11,19H,6,9H2,1H3. The SMILES string of the molecule is COc1ccc(CC2COc3ccc(F)cc3C2=O)cc1O. The number of ether oxygens (including phenoxy) is 2. The molecule has 0 aromatic heterocycles. The maximum Gasteiger partial charge on any atom is 0.173 e. The van der Waals surface area contributed by atoms with Crippen molar-refractivity contribution in [2.24, 2.45) is 5.92 Å². The summed E-state index contributed by atoms with van der Waals surface area (Å²) in [6.45, 7) is 0.240. The molecule has 3 rings (SSSR count). The predicted molar refractivity (Wildman–Crippen MR) is 78.1 cm³/mol. The van der Waals surface area contributed by atoms with Crippen molar-refractivity contribution in [1.29, 1.82) is 0 Å². The molecule has 0 saturated carbocycles. The Morgan fingerprint density at radius 3 is 2.86 bits per heavy atom. The third-order valence-corrected chi connectivity index (χ3v) is 3.74. The number of Topliss-reactive ketones (excluding diaryl/α,β-unsaturated/α-hetero) is 1. The fourth-order valence-corrected chi connectivity index (χ4v) is 2.61. The quantitative estimate of drug-likeness (QED) is 0.947. The van der Waals surface area contributed by atoms with Crippen molar-refractivity contribution in [2.75, 3.05) is 13.7 Å². The molecule has 0 spiro atoms. The van der Waals surface area contributed by atoms with E-state index in [4.69, 9.17) is 9.47 Å². The molecule has 2 aromatic carbocycles. The molecule has 0 amide bonds. The number of hydrogen-bond donors (Lipinski definition) is 1. The van der Waals surface area contributed by atoms with Crippen LogP contribution in [0.15, 0.2) is 36.4 Å². The number of phenolic OH excluding ortho intramolecular Hbond substituents is 1. The highest BCUT2D eigenvalue weighted by molar-refractivity contribution is 6.01. The highest BCUT2D eigenvalue weighted by Gasteiger charge is 2.29. The Morgan fingerprint density at radius 2 is 2.14 bits per heavy atom. The van der Waals surface area contributed by atoms with Gasteiger partial charge in [0.1, 0.15) is 11.6 Å². The van der Waals surface area contributed by atoms with Gasteiger partial charge in [0, 0.05) is 0 Å². The highest BCUT2D eigenvalue weighted by Crippen LogP contribution is 2.31. The molecule has 2 aromatic rings. The van der Waals surface area contributed by atoms with E-state index in [1.54, 1.807) is 18.2 Å². The summed E-state index contributed by atoms with van der Waals surface area (Å²) in [5.74, 6) is -0.185. The molecule has 0 fully saturated rings. The van der Waals surface area contributed by atoms with Crippen LogP contribution >= 0.6 is 0 Å². The average molecular weight is 302 g/mol. The van der Waals surface area contributed by atoms with E-state index in [2.05, 4.69) is 0 Å². The molecule has 1 unspecified atom stereocenters. The minimum Gasteiger partial charge on any atom is -0.504 e. The lowest BCUT2D eigenvalue weighted by Crippen LogP contribution is -2.29. The summed E-state index contributed by atoms with van der Waals surface area (Å²) in [5, 5.41) is 9.79. The van der Waals surface area contributed by atoms with Crippen LogP contribution in [0.4, 0.5) is 4.39 Å². The van der Waals surface area contributed by atoms with E-state index < -0.39 is 11.7 Å². The van der Waals surface area contributed by atoms with E-state index in [-0.39, 0.29) is 23.7 Å². The largest absolute Gasteiger partial charge is 0.504 e. The Hall–Kier alpha value is -2.56. The molecule has 0 aliphatic carbocycles. The zero-order valence-corrected chi connectivity index (χ0v) is 12.0. The monoisotopic (exact) mass is 302 g/mol. The first-order valence-electron chi connectivity index (χ1n) is 6.91. The molecule has 114 valence electrons. The van der Waals surface area contributed by atoms with Gasteiger partial charge in [-0.3, -0.25) is 4.79 Å². The topological polar surface area (TPSA) is 55.8 Å². The number of benzene rings is 2. The van der Waals surface area contributed by atoms with Gasteiger partial charge in [-0.2, -0.15) is 0 Å². The van der Waals surface area contributed by atoms with Crippen molar-refractivity contribution < 1.29 is 23.8 Å². The molecule has 4 nitrogen and oxygen atoms in total. The first-order chi connectivity index (χ1) is 10.6. The van der Waals surface area contributed by atoms with Gasteiger partial charge in [0.05, 0.1) is 25.2 Å². The number of ketones is 1. The van der Waals surface area contributed by atoms with E-state index in [1.165, 1.54) is 25.3 Å². The molecule has 22 heavy (non-hydrogen) atoms. The molecule has 0 bridgehead atoms. The van der Waals surface area contributed by atoms with Crippen LogP contribution in [0.5, 0.6) is 17.2 Å². The lowest BCUT2D eigenvalue weighted by atomic mass is 9.89. The average Bonchev–Trinajstić information content (AvgIpc) is 2.51. The van der Waals surface area contributed by atoms with Crippen LogP contribution in [0, 0.1) is 11.7 Å². The van der Waals surface area contributed by atoms with Crippen LogP contribution in [0.2, 0.25) is 0 Å². The van der Waals surface area contributed by atoms with Crippen molar-refractivity contribution in [3.8, 4) is 17.2 Å². The fourth-order valence-electron chi connectivity index (χ4n) is 2.61. The van der Waals surface area contributed by atoms with Gasteiger partial charge >= 0.3 is 0 Å². The number of carbonyl (C=O) groups excluding carboxylic acids is 1. The maximum atomic E-state index is 13.3. The summed E-state index contributed by atoms with van der Waals surface area (Å²) in [5.41, 5.74) is 1.06. The zero-order valence-electron chi connectivity index (χ0n) is 12.0. The Labute approximate surface area is 127 Å². The van der Waals surface area contributed by atoms with E-state index >= 15 is 0 Å². The Bertz CT molecular complexity index is 727. The van der Waals surface area contributed by atoms with Crippen LogP contribution in [-0.4, -0.2) is 24.6 Å². The summed E-state index contributed by atoms with van der Waals surface area (Å²) < 4.78 is 23.8. The predicted octanol–water partition coefficient (Wildman–Crippen LogP) is 2.97. The molecule has 1 aliphatic rings. The van der Waals surface area contributed by atoms with Crippen molar-refractivity contribution in [2.45, 2.75) is 6.42 Å². The Balaban J connectivity index is 1.82. The van der Waals surface area contributed by atoms with E-state index in [1.807, 2.05) is 0 Å². The molecular formula is C17H15FO4. The number of aromatic hydroxyl groups is 1. The second-order valence-electron chi connectivity index (χ2n) is 5.22. The molecule has 1 N–H and O–H groups in total. The third-order valence-electron chi connectivity index (χ3n) is 3.74. The van der Waals surface area contributed by atoms with Crippen LogP contribution in [0.1, 0.15) is 15.9 Å². The Kier molecular flexibility index (Phi) is 3.71. The summed E-state index contributed by atoms with van der Waals surface area (Å²) in [4.78, 5) is 12.4. The number of methoxy groups -OCH3 is 1. The van der Waals surface area contributed by atoms with Crippen LogP contribution in [0.25, 0.3) is 0 Å². The zero-order chi connectivity index (χ0) is 15.7. The molecule has 0 radical (unpaired) electrons. The van der Waals surface area contributed by atoms with Crippen molar-refractivity contribution in [3.05, 3.63) is 53.3 Å². The number of phenols is 1. The number of rotatable bonds is 3. The van der Waals surface area contributed by atoms with E-state index in [0.717, 1.165) is 5.56 Å².